The van der Waals surface area contributed by atoms with Crippen molar-refractivity contribution in [3.63, 3.8) is 0 Å². The predicted octanol–water partition coefficient (Wildman–Crippen LogP) is 4.04. The molecule has 0 aliphatic carbocycles. The zero-order chi connectivity index (χ0) is 20.4. The Morgan fingerprint density at radius 3 is 2.59 bits per heavy atom. The molecular formula is C24H31N3O2. The fraction of sp³-hybridized carbons (Fsp3) is 0.458. The Morgan fingerprint density at radius 1 is 1.17 bits per heavy atom. The van der Waals surface area contributed by atoms with Crippen LogP contribution in [-0.2, 0) is 0 Å². The van der Waals surface area contributed by atoms with Gasteiger partial charge in [0.1, 0.15) is 5.66 Å². The molecule has 2 aliphatic rings. The lowest BCUT2D eigenvalue weighted by atomic mass is 9.87. The lowest BCUT2D eigenvalue weighted by Gasteiger charge is -2.44. The van der Waals surface area contributed by atoms with Crippen LogP contribution in [0.3, 0.4) is 0 Å². The lowest BCUT2D eigenvalue weighted by molar-refractivity contribution is 0.144. The van der Waals surface area contributed by atoms with Crippen LogP contribution in [0, 0.1) is 6.92 Å². The number of likely N-dealkylation sites (tertiary alicyclic amines) is 1. The molecule has 0 bridgehead atoms. The monoisotopic (exact) mass is 393 g/mol. The molecule has 29 heavy (non-hydrogen) atoms. The number of hydrogen-bond acceptors (Lipinski definition) is 5. The number of ether oxygens (including phenoxy) is 1. The first-order chi connectivity index (χ1) is 14.0. The molecule has 5 heteroatoms. The zero-order valence-electron chi connectivity index (χ0n) is 17.6. The highest BCUT2D eigenvalue weighted by Gasteiger charge is 2.40. The first-order valence-corrected chi connectivity index (χ1v) is 10.6. The third-order valence-electron chi connectivity index (χ3n) is 6.09. The van der Waals surface area contributed by atoms with Crippen LogP contribution in [-0.4, -0.2) is 48.1 Å². The summed E-state index contributed by atoms with van der Waals surface area (Å²) in [6.45, 7) is 6.58. The van der Waals surface area contributed by atoms with Gasteiger partial charge in [-0.05, 0) is 45.4 Å². The highest BCUT2D eigenvalue weighted by atomic mass is 16.5. The van der Waals surface area contributed by atoms with Crippen molar-refractivity contribution in [2.24, 2.45) is 4.99 Å². The minimum absolute atomic E-state index is 0.00684. The van der Waals surface area contributed by atoms with Gasteiger partial charge in [-0.2, -0.15) is 0 Å². The highest BCUT2D eigenvalue weighted by molar-refractivity contribution is 6.01. The van der Waals surface area contributed by atoms with E-state index in [0.29, 0.717) is 12.4 Å². The topological polar surface area (TPSA) is 57.1 Å². The number of aryl methyl sites for hydroxylation is 1. The standard InChI is InChI=1S/C24H31N3O2/c1-4-29-22-7-5-6-19(23(22)28)21-16-20(18-10-8-17(2)9-11-18)25-24(26-21)12-14-27(3)15-13-24/h5-11,21,26,28H,4,12-16H2,1-3H3/t21-/m0/s1. The van der Waals surface area contributed by atoms with Crippen LogP contribution >= 0.6 is 0 Å². The van der Waals surface area contributed by atoms with Crippen molar-refractivity contribution < 1.29 is 9.84 Å². The molecule has 4 rings (SSSR count). The maximum absolute atomic E-state index is 10.9. The molecular weight excluding hydrogens is 362 g/mol. The quantitative estimate of drug-likeness (QED) is 0.823. The van der Waals surface area contributed by atoms with Crippen LogP contribution in [0.15, 0.2) is 47.5 Å². The van der Waals surface area contributed by atoms with Crippen molar-refractivity contribution >= 4 is 5.71 Å². The van der Waals surface area contributed by atoms with Gasteiger partial charge in [0, 0.05) is 36.8 Å². The van der Waals surface area contributed by atoms with Gasteiger partial charge >= 0.3 is 0 Å². The van der Waals surface area contributed by atoms with Crippen LogP contribution in [0.25, 0.3) is 0 Å². The third-order valence-corrected chi connectivity index (χ3v) is 6.09. The van der Waals surface area contributed by atoms with Crippen LogP contribution in [0.5, 0.6) is 11.5 Å². The number of phenolic OH excluding ortho intramolecular Hbond substituents is 1. The SMILES string of the molecule is CCOc1cccc([C@@H]2CC(c3ccc(C)cc3)=NC3(CCN(C)CC3)N2)c1O. The van der Waals surface area contributed by atoms with E-state index < -0.39 is 0 Å². The van der Waals surface area contributed by atoms with E-state index in [1.807, 2.05) is 25.1 Å². The van der Waals surface area contributed by atoms with E-state index in [0.717, 1.165) is 43.6 Å². The summed E-state index contributed by atoms with van der Waals surface area (Å²) in [5.74, 6) is 0.781. The van der Waals surface area contributed by atoms with E-state index >= 15 is 0 Å². The van der Waals surface area contributed by atoms with Gasteiger partial charge in [-0.1, -0.05) is 42.0 Å². The summed E-state index contributed by atoms with van der Waals surface area (Å²) in [5, 5.41) is 14.7. The molecule has 0 saturated carbocycles. The molecule has 0 radical (unpaired) electrons. The molecule has 5 nitrogen and oxygen atoms in total. The zero-order valence-corrected chi connectivity index (χ0v) is 17.6. The summed E-state index contributed by atoms with van der Waals surface area (Å²) in [4.78, 5) is 7.59. The van der Waals surface area contributed by atoms with E-state index in [4.69, 9.17) is 9.73 Å². The second-order valence-electron chi connectivity index (χ2n) is 8.29. The summed E-state index contributed by atoms with van der Waals surface area (Å²) in [6.07, 6.45) is 2.66. The molecule has 0 unspecified atom stereocenters. The number of aromatic hydroxyl groups is 1. The fourth-order valence-electron chi connectivity index (χ4n) is 4.36. The molecule has 1 spiro atoms. The van der Waals surface area contributed by atoms with Gasteiger partial charge in [0.2, 0.25) is 0 Å². The van der Waals surface area contributed by atoms with E-state index in [1.54, 1.807) is 0 Å². The number of nitrogens with one attached hydrogen (secondary N) is 1. The Hall–Kier alpha value is -2.37. The molecule has 0 amide bonds. The first kappa shape index (κ1) is 19.9. The van der Waals surface area contributed by atoms with Crippen molar-refractivity contribution in [3.8, 4) is 11.5 Å². The van der Waals surface area contributed by atoms with Gasteiger partial charge in [-0.15, -0.1) is 0 Å². The molecule has 2 heterocycles. The summed E-state index contributed by atoms with van der Waals surface area (Å²) in [5.41, 5.74) is 4.12. The van der Waals surface area contributed by atoms with Gasteiger partial charge in [0.05, 0.1) is 6.61 Å². The van der Waals surface area contributed by atoms with Crippen molar-refractivity contribution in [2.75, 3.05) is 26.7 Å². The average Bonchev–Trinajstić information content (AvgIpc) is 2.72. The van der Waals surface area contributed by atoms with Crippen molar-refractivity contribution in [1.82, 2.24) is 10.2 Å². The summed E-state index contributed by atoms with van der Waals surface area (Å²) in [7, 11) is 2.16. The summed E-state index contributed by atoms with van der Waals surface area (Å²) >= 11 is 0. The number of aliphatic imine (C=N–C) groups is 1. The summed E-state index contributed by atoms with van der Waals surface area (Å²) in [6, 6.07) is 14.4. The van der Waals surface area contributed by atoms with Crippen LogP contribution in [0.1, 0.15) is 48.9 Å². The van der Waals surface area contributed by atoms with E-state index in [9.17, 15) is 5.11 Å². The Kier molecular flexibility index (Phi) is 5.61. The van der Waals surface area contributed by atoms with Crippen LogP contribution in [0.4, 0.5) is 0 Å². The van der Waals surface area contributed by atoms with Gasteiger partial charge in [-0.25, -0.2) is 0 Å². The number of benzene rings is 2. The third kappa shape index (κ3) is 4.16. The number of phenols is 1. The summed E-state index contributed by atoms with van der Waals surface area (Å²) < 4.78 is 5.63. The largest absolute Gasteiger partial charge is 0.504 e. The molecule has 2 N–H and O–H groups in total. The van der Waals surface area contributed by atoms with Crippen molar-refractivity contribution in [3.05, 3.63) is 59.2 Å². The first-order valence-electron chi connectivity index (χ1n) is 10.6. The Labute approximate surface area is 173 Å². The molecule has 0 aromatic heterocycles. The lowest BCUT2D eigenvalue weighted by Crippen LogP contribution is -2.55. The average molecular weight is 394 g/mol. The maximum Gasteiger partial charge on any atom is 0.162 e. The normalized spacial score (nSPS) is 21.8. The van der Waals surface area contributed by atoms with Gasteiger partial charge in [-0.3, -0.25) is 10.3 Å². The molecule has 1 atom stereocenters. The van der Waals surface area contributed by atoms with Gasteiger partial charge < -0.3 is 14.7 Å². The minimum atomic E-state index is -0.288. The molecule has 2 aliphatic heterocycles. The fourth-order valence-corrected chi connectivity index (χ4v) is 4.36. The molecule has 2 aromatic rings. The van der Waals surface area contributed by atoms with Crippen LogP contribution in [0.2, 0.25) is 0 Å². The predicted molar refractivity (Wildman–Crippen MR) is 117 cm³/mol. The van der Waals surface area contributed by atoms with Crippen molar-refractivity contribution in [1.29, 1.82) is 0 Å². The van der Waals surface area contributed by atoms with E-state index in [-0.39, 0.29) is 17.5 Å². The minimum Gasteiger partial charge on any atom is -0.504 e. The van der Waals surface area contributed by atoms with Crippen molar-refractivity contribution in [2.45, 2.75) is 44.8 Å². The molecule has 1 saturated heterocycles. The Morgan fingerprint density at radius 2 is 1.90 bits per heavy atom. The second kappa shape index (κ2) is 8.17. The Bertz CT molecular complexity index is 883. The smallest absolute Gasteiger partial charge is 0.162 e. The number of piperidine rings is 1. The second-order valence-corrected chi connectivity index (χ2v) is 8.29. The number of para-hydroxylation sites is 1. The van der Waals surface area contributed by atoms with Crippen LogP contribution < -0.4 is 10.1 Å². The van der Waals surface area contributed by atoms with Gasteiger partial charge in [0.15, 0.2) is 11.5 Å². The number of rotatable bonds is 4. The van der Waals surface area contributed by atoms with E-state index in [1.165, 1.54) is 11.1 Å². The maximum atomic E-state index is 10.9. The number of nitrogens with zero attached hydrogens (tertiary/aromatic N) is 2. The van der Waals surface area contributed by atoms with Gasteiger partial charge in [0.25, 0.3) is 0 Å². The number of hydrogen-bond donors (Lipinski definition) is 2. The van der Waals surface area contributed by atoms with E-state index in [2.05, 4.69) is 48.5 Å². The molecule has 1 fully saturated rings. The molecule has 154 valence electrons. The Balaban J connectivity index is 1.72. The highest BCUT2D eigenvalue weighted by Crippen LogP contribution is 2.40. The molecule has 2 aromatic carbocycles.